The summed E-state index contributed by atoms with van der Waals surface area (Å²) in [6.07, 6.45) is 20.9. The molecule has 39 heavy (non-hydrogen) atoms. The Kier molecular flexibility index (Phi) is 12.6. The van der Waals surface area contributed by atoms with Crippen molar-refractivity contribution < 1.29 is 0 Å². The Morgan fingerprint density at radius 1 is 1.08 bits per heavy atom. The van der Waals surface area contributed by atoms with E-state index in [2.05, 4.69) is 90.1 Å². The SMILES string of the molecule is CCNC(/N=C(/C1=CC=C(CC)CC=C1)C(C)c1nc(CC)c[nH]1)NCCN/C1=N/C/C=C(/C#N)C/C=C\C1. The minimum atomic E-state index is -0.245. The van der Waals surface area contributed by atoms with Crippen LogP contribution in [0, 0.1) is 11.3 Å². The second-order valence-electron chi connectivity index (χ2n) is 9.62. The first-order chi connectivity index (χ1) is 19.1. The summed E-state index contributed by atoms with van der Waals surface area (Å²) in [6, 6.07) is 2.23. The Morgan fingerprint density at radius 2 is 1.92 bits per heavy atom. The minimum absolute atomic E-state index is 0.00483. The molecule has 2 aliphatic rings. The van der Waals surface area contributed by atoms with Crippen LogP contribution in [0.5, 0.6) is 0 Å². The van der Waals surface area contributed by atoms with Crippen LogP contribution in [0.2, 0.25) is 0 Å². The fourth-order valence-electron chi connectivity index (χ4n) is 4.40. The number of amidine groups is 1. The Balaban J connectivity index is 1.75. The molecule has 1 aliphatic carbocycles. The number of aliphatic imine (C=N–C) groups is 2. The zero-order valence-corrected chi connectivity index (χ0v) is 23.9. The van der Waals surface area contributed by atoms with Gasteiger partial charge in [0, 0.05) is 37.7 Å². The van der Waals surface area contributed by atoms with Crippen LogP contribution in [0.1, 0.15) is 70.8 Å². The van der Waals surface area contributed by atoms with Crippen molar-refractivity contribution in [1.29, 1.82) is 5.26 Å². The van der Waals surface area contributed by atoms with Crippen LogP contribution in [0.15, 0.2) is 75.4 Å². The van der Waals surface area contributed by atoms with Gasteiger partial charge in [-0.2, -0.15) is 5.26 Å². The number of allylic oxidation sites excluding steroid dienone is 8. The number of nitrogens with one attached hydrogen (secondary N) is 4. The maximum Gasteiger partial charge on any atom is 0.153 e. The molecule has 1 aliphatic heterocycles. The van der Waals surface area contributed by atoms with Crippen molar-refractivity contribution in [2.75, 3.05) is 26.2 Å². The first kappa shape index (κ1) is 30.0. The van der Waals surface area contributed by atoms with Gasteiger partial charge in [0.15, 0.2) is 6.29 Å². The molecule has 2 heterocycles. The van der Waals surface area contributed by atoms with Gasteiger partial charge in [0.1, 0.15) is 11.7 Å². The molecule has 1 aromatic heterocycles. The summed E-state index contributed by atoms with van der Waals surface area (Å²) in [6.45, 7) is 11.3. The molecule has 1 aromatic rings. The highest BCUT2D eigenvalue weighted by molar-refractivity contribution is 6.06. The van der Waals surface area contributed by atoms with E-state index < -0.39 is 0 Å². The van der Waals surface area contributed by atoms with E-state index in [9.17, 15) is 5.26 Å². The molecule has 8 heteroatoms. The lowest BCUT2D eigenvalue weighted by Crippen LogP contribution is -2.45. The maximum absolute atomic E-state index is 9.17. The van der Waals surface area contributed by atoms with Crippen LogP contribution < -0.4 is 16.0 Å². The lowest BCUT2D eigenvalue weighted by atomic mass is 9.96. The van der Waals surface area contributed by atoms with E-state index in [1.807, 2.05) is 18.3 Å². The summed E-state index contributed by atoms with van der Waals surface area (Å²) >= 11 is 0. The molecule has 0 radical (unpaired) electrons. The Labute approximate surface area is 233 Å². The van der Waals surface area contributed by atoms with Crippen LogP contribution in [-0.4, -0.2) is 54.0 Å². The third-order valence-electron chi connectivity index (χ3n) is 6.80. The summed E-state index contributed by atoms with van der Waals surface area (Å²) in [4.78, 5) is 18.0. The van der Waals surface area contributed by atoms with Gasteiger partial charge in [0.05, 0.1) is 29.9 Å². The zero-order chi connectivity index (χ0) is 27.9. The zero-order valence-electron chi connectivity index (χ0n) is 23.9. The van der Waals surface area contributed by atoms with Gasteiger partial charge in [0.25, 0.3) is 0 Å². The van der Waals surface area contributed by atoms with Crippen LogP contribution in [0.4, 0.5) is 0 Å². The van der Waals surface area contributed by atoms with Gasteiger partial charge in [-0.05, 0) is 44.4 Å². The molecule has 0 aromatic carbocycles. The molecule has 2 unspecified atom stereocenters. The predicted molar refractivity (Wildman–Crippen MR) is 162 cm³/mol. The Hall–Kier alpha value is -3.54. The molecule has 0 spiro atoms. The summed E-state index contributed by atoms with van der Waals surface area (Å²) in [5.74, 6) is 1.86. The summed E-state index contributed by atoms with van der Waals surface area (Å²) in [5.41, 5.74) is 5.34. The molecule has 0 saturated heterocycles. The highest BCUT2D eigenvalue weighted by Gasteiger charge is 2.21. The largest absolute Gasteiger partial charge is 0.372 e. The van der Waals surface area contributed by atoms with Gasteiger partial charge < -0.3 is 10.3 Å². The van der Waals surface area contributed by atoms with Crippen molar-refractivity contribution in [3.63, 3.8) is 0 Å². The topological polar surface area (TPSA) is 113 Å². The fourth-order valence-corrected chi connectivity index (χ4v) is 4.40. The molecule has 0 saturated carbocycles. The van der Waals surface area contributed by atoms with E-state index in [1.54, 1.807) is 0 Å². The standard InChI is InChI=1S/C31H44N8/c1-5-24-12-10-13-26(16-15-24)29(23(4)30-37-22-27(6-2)38-30)39-31(33-7-3)36-20-19-35-28-14-9-8-11-25(21-32)17-18-34-28/h8-10,13,15-17,22-23,31,33,36H,5-7,11-12,14,18-20H2,1-4H3,(H,34,35)(H,37,38)/b9-8-,25-17+,39-29+. The van der Waals surface area contributed by atoms with Crippen LogP contribution in [0.3, 0.4) is 0 Å². The number of nitrogens with zero attached hydrogens (tertiary/aromatic N) is 4. The van der Waals surface area contributed by atoms with Gasteiger partial charge in [-0.1, -0.05) is 62.8 Å². The first-order valence-electron chi connectivity index (χ1n) is 14.2. The number of aromatic amines is 1. The molecule has 4 N–H and O–H groups in total. The van der Waals surface area contributed by atoms with Gasteiger partial charge in [0.2, 0.25) is 0 Å². The van der Waals surface area contributed by atoms with Crippen molar-refractivity contribution in [2.24, 2.45) is 9.98 Å². The smallest absolute Gasteiger partial charge is 0.153 e. The second kappa shape index (κ2) is 16.4. The molecule has 3 rings (SSSR count). The normalized spacial score (nSPS) is 21.4. The van der Waals surface area contributed by atoms with E-state index in [0.717, 1.165) is 66.4 Å². The van der Waals surface area contributed by atoms with Crippen molar-refractivity contribution in [1.82, 2.24) is 25.9 Å². The van der Waals surface area contributed by atoms with Gasteiger partial charge >= 0.3 is 0 Å². The Bertz CT molecular complexity index is 1190. The molecule has 0 bridgehead atoms. The number of aromatic nitrogens is 2. The molecular formula is C31H44N8. The summed E-state index contributed by atoms with van der Waals surface area (Å²) in [5, 5.41) is 19.7. The van der Waals surface area contributed by atoms with Crippen molar-refractivity contribution in [3.05, 3.63) is 77.0 Å². The summed E-state index contributed by atoms with van der Waals surface area (Å²) in [7, 11) is 0. The highest BCUT2D eigenvalue weighted by atomic mass is 15.3. The van der Waals surface area contributed by atoms with Crippen LogP contribution >= 0.6 is 0 Å². The molecule has 208 valence electrons. The minimum Gasteiger partial charge on any atom is -0.372 e. The van der Waals surface area contributed by atoms with Crippen LogP contribution in [-0.2, 0) is 6.42 Å². The first-order valence-corrected chi connectivity index (χ1v) is 14.2. The number of imidazole rings is 1. The van der Waals surface area contributed by atoms with Gasteiger partial charge in [-0.15, -0.1) is 0 Å². The lowest BCUT2D eigenvalue weighted by molar-refractivity contribution is 0.450. The number of nitriles is 1. The number of hydrogen-bond acceptors (Lipinski definition) is 7. The molecule has 8 nitrogen and oxygen atoms in total. The molecule has 2 atom stereocenters. The Morgan fingerprint density at radius 3 is 2.67 bits per heavy atom. The molecular weight excluding hydrogens is 484 g/mol. The van der Waals surface area contributed by atoms with E-state index in [0.29, 0.717) is 26.1 Å². The van der Waals surface area contributed by atoms with Crippen LogP contribution in [0.25, 0.3) is 0 Å². The van der Waals surface area contributed by atoms with E-state index in [-0.39, 0.29) is 12.2 Å². The third-order valence-corrected chi connectivity index (χ3v) is 6.80. The number of H-pyrrole nitrogens is 1. The second-order valence-corrected chi connectivity index (χ2v) is 9.62. The molecule has 0 fully saturated rings. The molecule has 0 amide bonds. The lowest BCUT2D eigenvalue weighted by Gasteiger charge is -2.21. The number of rotatable bonds is 12. The van der Waals surface area contributed by atoms with Crippen molar-refractivity contribution >= 4 is 11.5 Å². The van der Waals surface area contributed by atoms with Gasteiger partial charge in [-0.3, -0.25) is 20.6 Å². The monoisotopic (exact) mass is 528 g/mol. The summed E-state index contributed by atoms with van der Waals surface area (Å²) < 4.78 is 0. The average molecular weight is 529 g/mol. The van der Waals surface area contributed by atoms with Crippen molar-refractivity contribution in [2.45, 2.75) is 72.0 Å². The van der Waals surface area contributed by atoms with E-state index in [4.69, 9.17) is 9.98 Å². The quantitative estimate of drug-likeness (QED) is 0.132. The average Bonchev–Trinajstić information content (AvgIpc) is 3.36. The number of hydrogen-bond donors (Lipinski definition) is 4. The fraction of sp³-hybridized carbons (Fsp3) is 0.484. The van der Waals surface area contributed by atoms with Gasteiger partial charge in [-0.25, -0.2) is 4.98 Å². The maximum atomic E-state index is 9.17. The van der Waals surface area contributed by atoms with Crippen molar-refractivity contribution in [3.8, 4) is 6.07 Å². The van der Waals surface area contributed by atoms with E-state index >= 15 is 0 Å². The highest BCUT2D eigenvalue weighted by Crippen LogP contribution is 2.23. The third kappa shape index (κ3) is 9.61. The number of aryl methyl sites for hydroxylation is 1. The predicted octanol–water partition coefficient (Wildman–Crippen LogP) is 5.01. The van der Waals surface area contributed by atoms with E-state index in [1.165, 1.54) is 5.57 Å².